The summed E-state index contributed by atoms with van der Waals surface area (Å²) in [5, 5.41) is 3.71. The van der Waals surface area contributed by atoms with Crippen molar-refractivity contribution in [2.45, 2.75) is 89.1 Å². The van der Waals surface area contributed by atoms with Crippen LogP contribution < -0.4 is 5.32 Å². The summed E-state index contributed by atoms with van der Waals surface area (Å²) in [5.41, 5.74) is -0.221. The molecule has 4 nitrogen and oxygen atoms in total. The lowest BCUT2D eigenvalue weighted by atomic mass is 9.96. The molecular formula is C16H28N2O2. The smallest absolute Gasteiger partial charge is 0.244 e. The Balaban J connectivity index is 1.80. The molecule has 20 heavy (non-hydrogen) atoms. The summed E-state index contributed by atoms with van der Waals surface area (Å²) in [6.07, 6.45) is 9.14. The van der Waals surface area contributed by atoms with Crippen molar-refractivity contribution in [2.75, 3.05) is 6.61 Å². The molecule has 114 valence electrons. The van der Waals surface area contributed by atoms with E-state index >= 15 is 0 Å². The zero-order valence-corrected chi connectivity index (χ0v) is 12.9. The lowest BCUT2D eigenvalue weighted by molar-refractivity contribution is -0.138. The molecular weight excluding hydrogens is 252 g/mol. The fourth-order valence-electron chi connectivity index (χ4n) is 4.31. The second-order valence-electron chi connectivity index (χ2n) is 6.81. The molecule has 1 amide bonds. The number of carbonyl (C=O) groups is 1. The van der Waals surface area contributed by atoms with Gasteiger partial charge in [0, 0.05) is 12.6 Å². The largest absolute Gasteiger partial charge is 0.378 e. The van der Waals surface area contributed by atoms with Gasteiger partial charge < -0.3 is 9.64 Å². The molecule has 0 radical (unpaired) electrons. The molecule has 3 atom stereocenters. The highest BCUT2D eigenvalue weighted by atomic mass is 16.5. The molecule has 4 heteroatoms. The van der Waals surface area contributed by atoms with Crippen LogP contribution in [0.25, 0.3) is 0 Å². The van der Waals surface area contributed by atoms with Crippen LogP contribution in [0.15, 0.2) is 0 Å². The SMILES string of the molecule is CCCC1NC2(CCCC2)C(=O)N1C1CCOC(C)C1. The summed E-state index contributed by atoms with van der Waals surface area (Å²) in [6.45, 7) is 5.12. The van der Waals surface area contributed by atoms with Crippen molar-refractivity contribution >= 4 is 5.91 Å². The van der Waals surface area contributed by atoms with Gasteiger partial charge in [-0.1, -0.05) is 26.2 Å². The van der Waals surface area contributed by atoms with E-state index in [1.165, 1.54) is 12.8 Å². The Morgan fingerprint density at radius 2 is 2.15 bits per heavy atom. The minimum absolute atomic E-state index is 0.221. The molecule has 0 aromatic heterocycles. The number of amides is 1. The maximum absolute atomic E-state index is 13.0. The molecule has 3 rings (SSSR count). The number of nitrogens with one attached hydrogen (secondary N) is 1. The zero-order valence-electron chi connectivity index (χ0n) is 12.9. The molecule has 1 N–H and O–H groups in total. The van der Waals surface area contributed by atoms with E-state index in [9.17, 15) is 4.79 Å². The van der Waals surface area contributed by atoms with Gasteiger partial charge in [-0.2, -0.15) is 0 Å². The maximum atomic E-state index is 13.0. The van der Waals surface area contributed by atoms with Crippen LogP contribution in [0.2, 0.25) is 0 Å². The quantitative estimate of drug-likeness (QED) is 0.863. The van der Waals surface area contributed by atoms with Crippen LogP contribution in [0.1, 0.15) is 65.2 Å². The molecule has 1 spiro atoms. The van der Waals surface area contributed by atoms with Gasteiger partial charge in [-0.3, -0.25) is 10.1 Å². The van der Waals surface area contributed by atoms with Crippen LogP contribution >= 0.6 is 0 Å². The Hall–Kier alpha value is -0.610. The van der Waals surface area contributed by atoms with Crippen molar-refractivity contribution in [1.82, 2.24) is 10.2 Å². The fraction of sp³-hybridized carbons (Fsp3) is 0.938. The third kappa shape index (κ3) is 2.37. The van der Waals surface area contributed by atoms with Crippen LogP contribution in [0.4, 0.5) is 0 Å². The second kappa shape index (κ2) is 5.64. The first-order chi connectivity index (χ1) is 9.66. The predicted molar refractivity (Wildman–Crippen MR) is 78.3 cm³/mol. The average molecular weight is 280 g/mol. The predicted octanol–water partition coefficient (Wildman–Crippen LogP) is 2.42. The Morgan fingerprint density at radius 3 is 2.80 bits per heavy atom. The lowest BCUT2D eigenvalue weighted by Gasteiger charge is -2.37. The van der Waals surface area contributed by atoms with Crippen LogP contribution in [-0.2, 0) is 9.53 Å². The molecule has 0 aromatic rings. The van der Waals surface area contributed by atoms with Crippen molar-refractivity contribution in [3.8, 4) is 0 Å². The summed E-state index contributed by atoms with van der Waals surface area (Å²) in [6, 6.07) is 0.371. The van der Waals surface area contributed by atoms with Crippen LogP contribution in [0.5, 0.6) is 0 Å². The van der Waals surface area contributed by atoms with Crippen LogP contribution in [0, 0.1) is 0 Å². The topological polar surface area (TPSA) is 41.6 Å². The summed E-state index contributed by atoms with van der Waals surface area (Å²) in [5.74, 6) is 0.382. The number of hydrogen-bond donors (Lipinski definition) is 1. The number of nitrogens with zero attached hydrogens (tertiary/aromatic N) is 1. The van der Waals surface area contributed by atoms with E-state index in [1.54, 1.807) is 0 Å². The summed E-state index contributed by atoms with van der Waals surface area (Å²) >= 11 is 0. The van der Waals surface area contributed by atoms with E-state index in [0.29, 0.717) is 11.9 Å². The van der Waals surface area contributed by atoms with Gasteiger partial charge >= 0.3 is 0 Å². The highest BCUT2D eigenvalue weighted by molar-refractivity contribution is 5.89. The minimum Gasteiger partial charge on any atom is -0.378 e. The van der Waals surface area contributed by atoms with E-state index in [2.05, 4.69) is 24.1 Å². The van der Waals surface area contributed by atoms with Gasteiger partial charge in [0.2, 0.25) is 5.91 Å². The van der Waals surface area contributed by atoms with Gasteiger partial charge in [0.1, 0.15) is 0 Å². The summed E-state index contributed by atoms with van der Waals surface area (Å²) in [4.78, 5) is 15.2. The number of ether oxygens (including phenoxy) is 1. The molecule has 0 aromatic carbocycles. The molecule has 3 fully saturated rings. The minimum atomic E-state index is -0.221. The molecule has 2 aliphatic heterocycles. The maximum Gasteiger partial charge on any atom is 0.244 e. The molecule has 2 saturated heterocycles. The van der Waals surface area contributed by atoms with Gasteiger partial charge in [-0.25, -0.2) is 0 Å². The molecule has 1 aliphatic carbocycles. The first-order valence-electron chi connectivity index (χ1n) is 8.38. The van der Waals surface area contributed by atoms with Gasteiger partial charge in [-0.15, -0.1) is 0 Å². The van der Waals surface area contributed by atoms with Crippen LogP contribution in [0.3, 0.4) is 0 Å². The Morgan fingerprint density at radius 1 is 1.40 bits per heavy atom. The first-order valence-corrected chi connectivity index (χ1v) is 8.38. The van der Waals surface area contributed by atoms with Crippen molar-refractivity contribution in [3.05, 3.63) is 0 Å². The Bertz CT molecular complexity index is 365. The van der Waals surface area contributed by atoms with Gasteiger partial charge in [0.05, 0.1) is 17.8 Å². The summed E-state index contributed by atoms with van der Waals surface area (Å²) < 4.78 is 5.66. The lowest BCUT2D eigenvalue weighted by Crippen LogP contribution is -2.48. The van der Waals surface area contributed by atoms with Gasteiger partial charge in [0.25, 0.3) is 0 Å². The van der Waals surface area contributed by atoms with E-state index in [-0.39, 0.29) is 17.8 Å². The van der Waals surface area contributed by atoms with Crippen molar-refractivity contribution in [1.29, 1.82) is 0 Å². The average Bonchev–Trinajstić information content (AvgIpc) is 2.98. The number of hydrogen-bond acceptors (Lipinski definition) is 3. The van der Waals surface area contributed by atoms with Crippen molar-refractivity contribution in [3.63, 3.8) is 0 Å². The first kappa shape index (κ1) is 14.3. The highest BCUT2D eigenvalue weighted by Crippen LogP contribution is 2.39. The molecule has 1 saturated carbocycles. The molecule has 2 heterocycles. The van der Waals surface area contributed by atoms with Crippen molar-refractivity contribution in [2.24, 2.45) is 0 Å². The summed E-state index contributed by atoms with van der Waals surface area (Å²) in [7, 11) is 0. The standard InChI is InChI=1S/C16H28N2O2/c1-3-6-14-17-16(8-4-5-9-16)15(19)18(14)13-7-10-20-12(2)11-13/h12-14,17H,3-11H2,1-2H3. The Labute approximate surface area is 122 Å². The molecule has 3 unspecified atom stereocenters. The number of carbonyl (C=O) groups excluding carboxylic acids is 1. The normalized spacial score (nSPS) is 37.0. The van der Waals surface area contributed by atoms with E-state index < -0.39 is 0 Å². The van der Waals surface area contributed by atoms with E-state index in [1.807, 2.05) is 0 Å². The third-order valence-corrected chi connectivity index (χ3v) is 5.29. The van der Waals surface area contributed by atoms with Crippen LogP contribution in [-0.4, -0.2) is 41.3 Å². The molecule has 3 aliphatic rings. The Kier molecular flexibility index (Phi) is 4.04. The second-order valence-corrected chi connectivity index (χ2v) is 6.81. The van der Waals surface area contributed by atoms with Crippen molar-refractivity contribution < 1.29 is 9.53 Å². The molecule has 0 bridgehead atoms. The van der Waals surface area contributed by atoms with Gasteiger partial charge in [0.15, 0.2) is 0 Å². The van der Waals surface area contributed by atoms with Gasteiger partial charge in [-0.05, 0) is 39.0 Å². The third-order valence-electron chi connectivity index (χ3n) is 5.29. The van der Waals surface area contributed by atoms with E-state index in [4.69, 9.17) is 4.74 Å². The zero-order chi connectivity index (χ0) is 14.2. The highest BCUT2D eigenvalue weighted by Gasteiger charge is 2.53. The number of rotatable bonds is 3. The van der Waals surface area contributed by atoms with E-state index in [0.717, 1.165) is 45.1 Å². The monoisotopic (exact) mass is 280 g/mol. The fourth-order valence-corrected chi connectivity index (χ4v) is 4.31.